The van der Waals surface area contributed by atoms with Gasteiger partial charge in [-0.05, 0) is 13.8 Å². The van der Waals surface area contributed by atoms with E-state index in [1.807, 2.05) is 0 Å². The SMILES string of the molecule is CC1(C)O[C@@H]2C(CO)OC(O)[C@@H]2O1.I. The molecule has 0 aromatic heterocycles. The van der Waals surface area contributed by atoms with E-state index in [0.29, 0.717) is 0 Å². The molecule has 0 aromatic carbocycles. The molecule has 0 radical (unpaired) electrons. The van der Waals surface area contributed by atoms with Gasteiger partial charge in [-0.15, -0.1) is 24.0 Å². The quantitative estimate of drug-likeness (QED) is 0.658. The van der Waals surface area contributed by atoms with E-state index in [1.165, 1.54) is 0 Å². The van der Waals surface area contributed by atoms with Crippen LogP contribution in [-0.2, 0) is 14.2 Å². The molecule has 2 saturated heterocycles. The number of aliphatic hydroxyl groups is 2. The predicted octanol–water partition coefficient (Wildman–Crippen LogP) is -0.166. The first-order chi connectivity index (χ1) is 6.03. The standard InChI is InChI=1S/C8H14O5.HI/c1-8(2)12-5-4(3-9)11-7(10)6(5)13-8;/h4-7,9-10H,3H2,1-2H3;1H/t4?,5-,6-,7?;/m1./s1. The average molecular weight is 318 g/mol. The lowest BCUT2D eigenvalue weighted by Crippen LogP contribution is -2.31. The molecule has 2 fully saturated rings. The van der Waals surface area contributed by atoms with Crippen molar-refractivity contribution in [2.45, 2.75) is 44.2 Å². The van der Waals surface area contributed by atoms with Crippen LogP contribution < -0.4 is 0 Å². The summed E-state index contributed by atoms with van der Waals surface area (Å²) in [4.78, 5) is 0. The van der Waals surface area contributed by atoms with Crippen LogP contribution in [0, 0.1) is 0 Å². The molecular weight excluding hydrogens is 303 g/mol. The monoisotopic (exact) mass is 318 g/mol. The fourth-order valence-electron chi connectivity index (χ4n) is 1.81. The zero-order valence-electron chi connectivity index (χ0n) is 8.04. The van der Waals surface area contributed by atoms with E-state index in [4.69, 9.17) is 19.3 Å². The Balaban J connectivity index is 0.000000980. The van der Waals surface area contributed by atoms with Gasteiger partial charge in [0.05, 0.1) is 6.61 Å². The van der Waals surface area contributed by atoms with Gasteiger partial charge in [0.2, 0.25) is 0 Å². The molecule has 0 aliphatic carbocycles. The van der Waals surface area contributed by atoms with E-state index >= 15 is 0 Å². The normalized spacial score (nSPS) is 44.6. The second-order valence-corrected chi connectivity index (χ2v) is 3.81. The molecule has 0 aromatic rings. The van der Waals surface area contributed by atoms with Crippen LogP contribution in [0.1, 0.15) is 13.8 Å². The lowest BCUT2D eigenvalue weighted by atomic mass is 10.1. The van der Waals surface area contributed by atoms with Crippen LogP contribution in [0.25, 0.3) is 0 Å². The van der Waals surface area contributed by atoms with Crippen LogP contribution in [0.2, 0.25) is 0 Å². The van der Waals surface area contributed by atoms with Crippen molar-refractivity contribution in [3.05, 3.63) is 0 Å². The Hall–Kier alpha value is 0.530. The van der Waals surface area contributed by atoms with Crippen molar-refractivity contribution in [3.63, 3.8) is 0 Å². The molecule has 2 unspecified atom stereocenters. The second kappa shape index (κ2) is 4.18. The van der Waals surface area contributed by atoms with Gasteiger partial charge in [-0.2, -0.15) is 0 Å². The Kier molecular flexibility index (Phi) is 3.77. The molecule has 0 amide bonds. The summed E-state index contributed by atoms with van der Waals surface area (Å²) < 4.78 is 15.9. The number of fused-ring (bicyclic) bond motifs is 1. The summed E-state index contributed by atoms with van der Waals surface area (Å²) in [5.41, 5.74) is 0. The molecule has 0 spiro atoms. The number of hydrogen-bond donors (Lipinski definition) is 2. The lowest BCUT2D eigenvalue weighted by molar-refractivity contribution is -0.223. The predicted molar refractivity (Wildman–Crippen MR) is 57.2 cm³/mol. The van der Waals surface area contributed by atoms with Gasteiger partial charge >= 0.3 is 0 Å². The minimum Gasteiger partial charge on any atom is -0.394 e. The minimum absolute atomic E-state index is 0. The molecule has 0 saturated carbocycles. The van der Waals surface area contributed by atoms with Gasteiger partial charge in [0.1, 0.15) is 18.3 Å². The van der Waals surface area contributed by atoms with E-state index in [2.05, 4.69) is 0 Å². The van der Waals surface area contributed by atoms with Crippen molar-refractivity contribution in [1.29, 1.82) is 0 Å². The Morgan fingerprint density at radius 1 is 1.21 bits per heavy atom. The molecule has 4 atom stereocenters. The molecule has 2 heterocycles. The van der Waals surface area contributed by atoms with Crippen molar-refractivity contribution in [1.82, 2.24) is 0 Å². The molecule has 6 heteroatoms. The molecule has 2 aliphatic heterocycles. The van der Waals surface area contributed by atoms with Gasteiger partial charge in [-0.3, -0.25) is 0 Å². The number of aliphatic hydroxyl groups excluding tert-OH is 2. The molecule has 14 heavy (non-hydrogen) atoms. The Morgan fingerprint density at radius 2 is 1.79 bits per heavy atom. The first-order valence-electron chi connectivity index (χ1n) is 4.33. The number of halogens is 1. The fraction of sp³-hybridized carbons (Fsp3) is 1.00. The van der Waals surface area contributed by atoms with Crippen molar-refractivity contribution < 1.29 is 24.4 Å². The number of ether oxygens (including phenoxy) is 3. The van der Waals surface area contributed by atoms with Crippen LogP contribution in [0.4, 0.5) is 0 Å². The van der Waals surface area contributed by atoms with Crippen LogP contribution in [0.15, 0.2) is 0 Å². The van der Waals surface area contributed by atoms with Gasteiger partial charge in [0.25, 0.3) is 0 Å². The summed E-state index contributed by atoms with van der Waals surface area (Å²) in [6.45, 7) is 3.37. The van der Waals surface area contributed by atoms with Crippen molar-refractivity contribution in [3.8, 4) is 0 Å². The van der Waals surface area contributed by atoms with E-state index in [1.54, 1.807) is 13.8 Å². The highest BCUT2D eigenvalue weighted by atomic mass is 127. The zero-order valence-corrected chi connectivity index (χ0v) is 10.4. The summed E-state index contributed by atoms with van der Waals surface area (Å²) in [6, 6.07) is 0. The summed E-state index contributed by atoms with van der Waals surface area (Å²) in [6.07, 6.45) is -2.33. The third kappa shape index (κ3) is 2.05. The van der Waals surface area contributed by atoms with Crippen molar-refractivity contribution in [2.24, 2.45) is 0 Å². The number of rotatable bonds is 1. The van der Waals surface area contributed by atoms with Gasteiger partial charge in [0, 0.05) is 0 Å². The maximum atomic E-state index is 9.39. The van der Waals surface area contributed by atoms with Crippen molar-refractivity contribution >= 4 is 24.0 Å². The summed E-state index contributed by atoms with van der Waals surface area (Å²) in [5.74, 6) is -0.701. The van der Waals surface area contributed by atoms with Crippen molar-refractivity contribution in [2.75, 3.05) is 6.61 Å². The summed E-state index contributed by atoms with van der Waals surface area (Å²) in [5, 5.41) is 18.3. The highest BCUT2D eigenvalue weighted by Gasteiger charge is 2.54. The van der Waals surface area contributed by atoms with E-state index in [9.17, 15) is 5.11 Å². The smallest absolute Gasteiger partial charge is 0.184 e. The first-order valence-corrected chi connectivity index (χ1v) is 4.33. The Morgan fingerprint density at radius 3 is 2.36 bits per heavy atom. The summed E-state index contributed by atoms with van der Waals surface area (Å²) in [7, 11) is 0. The Bertz CT molecular complexity index is 210. The maximum absolute atomic E-state index is 9.39. The van der Waals surface area contributed by atoms with Gasteiger partial charge < -0.3 is 24.4 Å². The Labute approximate surface area is 99.4 Å². The molecular formula is C8H15IO5. The molecule has 0 bridgehead atoms. The zero-order chi connectivity index (χ0) is 9.64. The summed E-state index contributed by atoms with van der Waals surface area (Å²) >= 11 is 0. The molecule has 5 nitrogen and oxygen atoms in total. The third-order valence-electron chi connectivity index (χ3n) is 2.31. The van der Waals surface area contributed by atoms with Crippen LogP contribution in [0.3, 0.4) is 0 Å². The van der Waals surface area contributed by atoms with Crippen LogP contribution >= 0.6 is 24.0 Å². The average Bonchev–Trinajstić information content (AvgIpc) is 2.47. The van der Waals surface area contributed by atoms with E-state index in [-0.39, 0.29) is 36.7 Å². The van der Waals surface area contributed by atoms with Gasteiger partial charge in [0.15, 0.2) is 12.1 Å². The third-order valence-corrected chi connectivity index (χ3v) is 2.31. The van der Waals surface area contributed by atoms with Gasteiger partial charge in [-0.25, -0.2) is 0 Å². The molecule has 2 aliphatic rings. The number of hydrogen-bond acceptors (Lipinski definition) is 5. The van der Waals surface area contributed by atoms with Crippen LogP contribution in [0.5, 0.6) is 0 Å². The first kappa shape index (κ1) is 12.6. The fourth-order valence-corrected chi connectivity index (χ4v) is 1.81. The lowest BCUT2D eigenvalue weighted by Gasteiger charge is -2.21. The topological polar surface area (TPSA) is 68.2 Å². The van der Waals surface area contributed by atoms with E-state index in [0.717, 1.165) is 0 Å². The highest BCUT2D eigenvalue weighted by molar-refractivity contribution is 14.0. The largest absolute Gasteiger partial charge is 0.394 e. The highest BCUT2D eigenvalue weighted by Crippen LogP contribution is 2.37. The van der Waals surface area contributed by atoms with E-state index < -0.39 is 24.3 Å². The molecule has 84 valence electrons. The second-order valence-electron chi connectivity index (χ2n) is 3.81. The van der Waals surface area contributed by atoms with Gasteiger partial charge in [-0.1, -0.05) is 0 Å². The molecule has 2 rings (SSSR count). The van der Waals surface area contributed by atoms with Crippen LogP contribution in [-0.4, -0.2) is 47.2 Å². The maximum Gasteiger partial charge on any atom is 0.184 e. The minimum atomic E-state index is -0.996. The molecule has 2 N–H and O–H groups in total.